The normalized spacial score (nSPS) is 17.1. The Hall–Kier alpha value is -1.13. The SMILES string of the molecule is COc1cc(C)c(F)cc1CN1CCNCC1. The van der Waals surface area contributed by atoms with Crippen molar-refractivity contribution in [3.63, 3.8) is 0 Å². The first-order valence-corrected chi connectivity index (χ1v) is 5.97. The molecule has 1 aliphatic heterocycles. The zero-order chi connectivity index (χ0) is 12.3. The Morgan fingerprint density at radius 1 is 1.35 bits per heavy atom. The number of nitrogens with one attached hydrogen (secondary N) is 1. The molecule has 1 N–H and O–H groups in total. The summed E-state index contributed by atoms with van der Waals surface area (Å²) in [6.07, 6.45) is 0. The molecular formula is C13H19FN2O. The molecule has 1 aromatic carbocycles. The fraction of sp³-hybridized carbons (Fsp3) is 0.538. The first-order valence-electron chi connectivity index (χ1n) is 5.97. The molecule has 0 unspecified atom stereocenters. The standard InChI is InChI=1S/C13H19FN2O/c1-10-7-13(17-2)11(8-12(10)14)9-16-5-3-15-4-6-16/h7-8,15H,3-6,9H2,1-2H3. The van der Waals surface area contributed by atoms with E-state index in [1.807, 2.05) is 0 Å². The van der Waals surface area contributed by atoms with Crippen LogP contribution in [0.4, 0.5) is 4.39 Å². The molecule has 0 bridgehead atoms. The topological polar surface area (TPSA) is 24.5 Å². The van der Waals surface area contributed by atoms with Crippen molar-refractivity contribution < 1.29 is 9.13 Å². The van der Waals surface area contributed by atoms with Crippen LogP contribution in [0.1, 0.15) is 11.1 Å². The van der Waals surface area contributed by atoms with Gasteiger partial charge >= 0.3 is 0 Å². The molecule has 0 aromatic heterocycles. The number of benzene rings is 1. The summed E-state index contributed by atoms with van der Waals surface area (Å²) >= 11 is 0. The number of nitrogens with zero attached hydrogens (tertiary/aromatic N) is 1. The second kappa shape index (κ2) is 5.47. The van der Waals surface area contributed by atoms with Gasteiger partial charge in [-0.1, -0.05) is 0 Å². The Balaban J connectivity index is 2.15. The van der Waals surface area contributed by atoms with Crippen molar-refractivity contribution >= 4 is 0 Å². The minimum atomic E-state index is -0.157. The molecule has 94 valence electrons. The van der Waals surface area contributed by atoms with E-state index >= 15 is 0 Å². The summed E-state index contributed by atoms with van der Waals surface area (Å²) in [6, 6.07) is 3.36. The minimum absolute atomic E-state index is 0.157. The fourth-order valence-corrected chi connectivity index (χ4v) is 2.12. The van der Waals surface area contributed by atoms with Crippen molar-refractivity contribution in [2.24, 2.45) is 0 Å². The first kappa shape index (κ1) is 12.3. The van der Waals surface area contributed by atoms with Crippen molar-refractivity contribution in [2.45, 2.75) is 13.5 Å². The average Bonchev–Trinajstić information content (AvgIpc) is 2.35. The van der Waals surface area contributed by atoms with E-state index in [9.17, 15) is 4.39 Å². The molecule has 3 nitrogen and oxygen atoms in total. The van der Waals surface area contributed by atoms with Crippen LogP contribution in [0.25, 0.3) is 0 Å². The molecule has 0 radical (unpaired) electrons. The third-order valence-corrected chi connectivity index (χ3v) is 3.17. The summed E-state index contributed by atoms with van der Waals surface area (Å²) in [6.45, 7) is 6.50. The number of hydrogen-bond acceptors (Lipinski definition) is 3. The van der Waals surface area contributed by atoms with Crippen LogP contribution in [0.5, 0.6) is 5.75 Å². The van der Waals surface area contributed by atoms with E-state index in [2.05, 4.69) is 10.2 Å². The summed E-state index contributed by atoms with van der Waals surface area (Å²) < 4.78 is 18.9. The molecule has 0 amide bonds. The molecular weight excluding hydrogens is 219 g/mol. The molecule has 0 spiro atoms. The Kier molecular flexibility index (Phi) is 3.97. The predicted molar refractivity (Wildman–Crippen MR) is 65.8 cm³/mol. The van der Waals surface area contributed by atoms with Gasteiger partial charge in [0.05, 0.1) is 7.11 Å². The third kappa shape index (κ3) is 2.96. The van der Waals surface area contributed by atoms with Crippen molar-refractivity contribution in [3.8, 4) is 5.75 Å². The van der Waals surface area contributed by atoms with Crippen molar-refractivity contribution in [3.05, 3.63) is 29.1 Å². The van der Waals surface area contributed by atoms with Crippen LogP contribution in [0, 0.1) is 12.7 Å². The van der Waals surface area contributed by atoms with Gasteiger partial charge in [0.2, 0.25) is 0 Å². The molecule has 17 heavy (non-hydrogen) atoms. The van der Waals surface area contributed by atoms with Crippen LogP contribution >= 0.6 is 0 Å². The van der Waals surface area contributed by atoms with Gasteiger partial charge in [-0.2, -0.15) is 0 Å². The Morgan fingerprint density at radius 2 is 2.06 bits per heavy atom. The van der Waals surface area contributed by atoms with Crippen molar-refractivity contribution in [1.82, 2.24) is 10.2 Å². The largest absolute Gasteiger partial charge is 0.496 e. The van der Waals surface area contributed by atoms with Gasteiger partial charge in [-0.15, -0.1) is 0 Å². The molecule has 1 aromatic rings. The van der Waals surface area contributed by atoms with Gasteiger partial charge in [-0.05, 0) is 24.6 Å². The maximum atomic E-state index is 13.6. The van der Waals surface area contributed by atoms with Gasteiger partial charge in [0, 0.05) is 38.3 Å². The summed E-state index contributed by atoms with van der Waals surface area (Å²) in [5.41, 5.74) is 1.56. The smallest absolute Gasteiger partial charge is 0.126 e. The fourth-order valence-electron chi connectivity index (χ4n) is 2.12. The Morgan fingerprint density at radius 3 is 2.71 bits per heavy atom. The van der Waals surface area contributed by atoms with Gasteiger partial charge in [0.1, 0.15) is 11.6 Å². The molecule has 4 heteroatoms. The molecule has 0 aliphatic carbocycles. The number of hydrogen-bond donors (Lipinski definition) is 1. The van der Waals surface area contributed by atoms with Crippen LogP contribution in [0.15, 0.2) is 12.1 Å². The number of halogens is 1. The van der Waals surface area contributed by atoms with Crippen LogP contribution in [0.3, 0.4) is 0 Å². The summed E-state index contributed by atoms with van der Waals surface area (Å²) in [5.74, 6) is 0.623. The lowest BCUT2D eigenvalue weighted by molar-refractivity contribution is 0.230. The molecule has 1 aliphatic rings. The average molecular weight is 238 g/mol. The molecule has 1 saturated heterocycles. The van der Waals surface area contributed by atoms with E-state index < -0.39 is 0 Å². The lowest BCUT2D eigenvalue weighted by Gasteiger charge is -2.27. The van der Waals surface area contributed by atoms with E-state index in [1.54, 1.807) is 26.2 Å². The van der Waals surface area contributed by atoms with Crippen LogP contribution < -0.4 is 10.1 Å². The zero-order valence-electron chi connectivity index (χ0n) is 10.4. The van der Waals surface area contributed by atoms with Crippen LogP contribution in [-0.4, -0.2) is 38.2 Å². The number of piperazine rings is 1. The quantitative estimate of drug-likeness (QED) is 0.864. The summed E-state index contributed by atoms with van der Waals surface area (Å²) in [4.78, 5) is 2.31. The monoisotopic (exact) mass is 238 g/mol. The van der Waals surface area contributed by atoms with Gasteiger partial charge in [-0.3, -0.25) is 4.90 Å². The number of methoxy groups -OCH3 is 1. The third-order valence-electron chi connectivity index (χ3n) is 3.17. The highest BCUT2D eigenvalue weighted by Gasteiger charge is 2.14. The lowest BCUT2D eigenvalue weighted by atomic mass is 10.1. The first-order chi connectivity index (χ1) is 8.20. The highest BCUT2D eigenvalue weighted by atomic mass is 19.1. The second-order valence-electron chi connectivity index (χ2n) is 4.44. The lowest BCUT2D eigenvalue weighted by Crippen LogP contribution is -2.42. The van der Waals surface area contributed by atoms with E-state index in [0.29, 0.717) is 5.56 Å². The van der Waals surface area contributed by atoms with Gasteiger partial charge < -0.3 is 10.1 Å². The van der Waals surface area contributed by atoms with Gasteiger partial charge in [0.25, 0.3) is 0 Å². The van der Waals surface area contributed by atoms with Crippen molar-refractivity contribution in [2.75, 3.05) is 33.3 Å². The highest BCUT2D eigenvalue weighted by molar-refractivity contribution is 5.38. The van der Waals surface area contributed by atoms with E-state index in [0.717, 1.165) is 44.0 Å². The molecule has 1 heterocycles. The van der Waals surface area contributed by atoms with Crippen LogP contribution in [-0.2, 0) is 6.54 Å². The number of ether oxygens (including phenoxy) is 1. The molecule has 2 rings (SSSR count). The Labute approximate surface area is 102 Å². The highest BCUT2D eigenvalue weighted by Crippen LogP contribution is 2.24. The number of rotatable bonds is 3. The second-order valence-corrected chi connectivity index (χ2v) is 4.44. The predicted octanol–water partition coefficient (Wildman–Crippen LogP) is 1.55. The maximum Gasteiger partial charge on any atom is 0.126 e. The summed E-state index contributed by atoms with van der Waals surface area (Å²) in [5, 5.41) is 3.30. The van der Waals surface area contributed by atoms with Gasteiger partial charge in [-0.25, -0.2) is 4.39 Å². The molecule has 0 saturated carbocycles. The Bertz CT molecular complexity index is 389. The van der Waals surface area contributed by atoms with Crippen LogP contribution in [0.2, 0.25) is 0 Å². The van der Waals surface area contributed by atoms with Gasteiger partial charge in [0.15, 0.2) is 0 Å². The number of aryl methyl sites for hydroxylation is 1. The zero-order valence-corrected chi connectivity index (χ0v) is 10.4. The maximum absolute atomic E-state index is 13.6. The van der Waals surface area contributed by atoms with E-state index in [1.165, 1.54) is 0 Å². The minimum Gasteiger partial charge on any atom is -0.496 e. The van der Waals surface area contributed by atoms with E-state index in [-0.39, 0.29) is 5.82 Å². The van der Waals surface area contributed by atoms with Crippen molar-refractivity contribution in [1.29, 1.82) is 0 Å². The summed E-state index contributed by atoms with van der Waals surface area (Å²) in [7, 11) is 1.63. The molecule has 1 fully saturated rings. The molecule has 0 atom stereocenters. The van der Waals surface area contributed by atoms with E-state index in [4.69, 9.17) is 4.74 Å².